The third kappa shape index (κ3) is 4.63. The van der Waals surface area contributed by atoms with Crippen molar-refractivity contribution in [1.29, 1.82) is 0 Å². The molecule has 1 amide bonds. The molecular weight excluding hydrogens is 325 g/mol. The van der Waals surface area contributed by atoms with Crippen molar-refractivity contribution in [2.75, 3.05) is 25.6 Å². The van der Waals surface area contributed by atoms with E-state index in [0.29, 0.717) is 40.3 Å². The van der Waals surface area contributed by atoms with Crippen LogP contribution in [0.4, 0.5) is 5.69 Å². The number of benzene rings is 2. The van der Waals surface area contributed by atoms with E-state index in [4.69, 9.17) is 32.7 Å². The van der Waals surface area contributed by atoms with Crippen LogP contribution in [0.2, 0.25) is 10.0 Å². The summed E-state index contributed by atoms with van der Waals surface area (Å²) in [4.78, 5) is 12.1. The zero-order valence-electron chi connectivity index (χ0n) is 11.9. The van der Waals surface area contributed by atoms with Gasteiger partial charge in [0.1, 0.15) is 12.4 Å². The van der Waals surface area contributed by atoms with Gasteiger partial charge < -0.3 is 14.8 Å². The molecule has 4 nitrogen and oxygen atoms in total. The van der Waals surface area contributed by atoms with Crippen LogP contribution in [0.15, 0.2) is 42.5 Å². The Labute approximate surface area is 138 Å². The van der Waals surface area contributed by atoms with Gasteiger partial charge in [0, 0.05) is 18.4 Å². The van der Waals surface area contributed by atoms with Gasteiger partial charge in [0.05, 0.1) is 16.7 Å². The average Bonchev–Trinajstić information content (AvgIpc) is 2.52. The van der Waals surface area contributed by atoms with Gasteiger partial charge >= 0.3 is 0 Å². The van der Waals surface area contributed by atoms with Gasteiger partial charge in [-0.3, -0.25) is 4.79 Å². The van der Waals surface area contributed by atoms with Crippen molar-refractivity contribution in [1.82, 2.24) is 0 Å². The Morgan fingerprint density at radius 1 is 1.05 bits per heavy atom. The monoisotopic (exact) mass is 339 g/mol. The Hall–Kier alpha value is -1.75. The lowest BCUT2D eigenvalue weighted by molar-refractivity contribution is 0.102. The molecule has 0 saturated heterocycles. The van der Waals surface area contributed by atoms with Gasteiger partial charge in [-0.15, -0.1) is 0 Å². The molecule has 116 valence electrons. The highest BCUT2D eigenvalue weighted by Gasteiger charge is 2.07. The number of carbonyl (C=O) groups is 1. The molecule has 0 bridgehead atoms. The molecule has 0 atom stereocenters. The molecule has 2 rings (SSSR count). The van der Waals surface area contributed by atoms with E-state index in [0.717, 1.165) is 0 Å². The normalized spacial score (nSPS) is 10.3. The van der Waals surface area contributed by atoms with Gasteiger partial charge in [-0.05, 0) is 42.5 Å². The molecule has 0 aliphatic carbocycles. The number of methoxy groups -OCH3 is 1. The van der Waals surface area contributed by atoms with E-state index in [9.17, 15) is 4.79 Å². The first kappa shape index (κ1) is 16.6. The largest absolute Gasteiger partial charge is 0.491 e. The number of hydrogen-bond acceptors (Lipinski definition) is 3. The summed E-state index contributed by atoms with van der Waals surface area (Å²) < 4.78 is 10.3. The minimum absolute atomic E-state index is 0.234. The number of halogens is 2. The summed E-state index contributed by atoms with van der Waals surface area (Å²) >= 11 is 11.8. The minimum atomic E-state index is -0.234. The van der Waals surface area contributed by atoms with Gasteiger partial charge in [-0.2, -0.15) is 0 Å². The molecule has 0 aliphatic heterocycles. The summed E-state index contributed by atoms with van der Waals surface area (Å²) in [6.45, 7) is 0.977. The molecule has 2 aromatic carbocycles. The lowest BCUT2D eigenvalue weighted by Gasteiger charge is -2.08. The average molecular weight is 340 g/mol. The van der Waals surface area contributed by atoms with E-state index in [1.165, 1.54) is 0 Å². The van der Waals surface area contributed by atoms with Crippen LogP contribution in [0.3, 0.4) is 0 Å². The molecule has 0 saturated carbocycles. The molecule has 0 radical (unpaired) electrons. The van der Waals surface area contributed by atoms with Gasteiger partial charge in [0.2, 0.25) is 0 Å². The third-order valence-corrected chi connectivity index (χ3v) is 3.59. The van der Waals surface area contributed by atoms with Crippen LogP contribution in [0.5, 0.6) is 5.75 Å². The first-order chi connectivity index (χ1) is 10.6. The van der Waals surface area contributed by atoms with Crippen LogP contribution in [-0.4, -0.2) is 26.2 Å². The predicted octanol–water partition coefficient (Wildman–Crippen LogP) is 4.27. The first-order valence-corrected chi connectivity index (χ1v) is 7.34. The smallest absolute Gasteiger partial charge is 0.255 e. The molecule has 6 heteroatoms. The molecule has 0 aliphatic rings. The number of anilines is 1. The summed E-state index contributed by atoms with van der Waals surface area (Å²) in [6.07, 6.45) is 0. The zero-order valence-corrected chi connectivity index (χ0v) is 13.4. The molecule has 0 unspecified atom stereocenters. The van der Waals surface area contributed by atoms with Crippen molar-refractivity contribution in [3.8, 4) is 5.75 Å². The maximum absolute atomic E-state index is 12.1. The fourth-order valence-corrected chi connectivity index (χ4v) is 2.02. The third-order valence-electron chi connectivity index (χ3n) is 2.85. The zero-order chi connectivity index (χ0) is 15.9. The minimum Gasteiger partial charge on any atom is -0.491 e. The number of nitrogens with one attached hydrogen (secondary N) is 1. The van der Waals surface area contributed by atoms with E-state index < -0.39 is 0 Å². The quantitative estimate of drug-likeness (QED) is 0.799. The standard InChI is InChI=1S/C16H15Cl2NO3/c1-21-8-9-22-13-5-2-11(3-6-13)16(20)19-12-4-7-14(17)15(18)10-12/h2-7,10H,8-9H2,1H3,(H,19,20). The van der Waals surface area contributed by atoms with E-state index in [-0.39, 0.29) is 5.91 Å². The summed E-state index contributed by atoms with van der Waals surface area (Å²) in [6, 6.07) is 11.8. The van der Waals surface area contributed by atoms with Crippen molar-refractivity contribution < 1.29 is 14.3 Å². The van der Waals surface area contributed by atoms with Crippen LogP contribution in [0.25, 0.3) is 0 Å². The van der Waals surface area contributed by atoms with Crippen LogP contribution in [0.1, 0.15) is 10.4 Å². The topological polar surface area (TPSA) is 47.6 Å². The summed E-state index contributed by atoms with van der Waals surface area (Å²) in [7, 11) is 1.61. The molecule has 0 spiro atoms. The van der Waals surface area contributed by atoms with E-state index in [1.807, 2.05) is 0 Å². The number of ether oxygens (including phenoxy) is 2. The Morgan fingerprint density at radius 3 is 2.41 bits per heavy atom. The highest BCUT2D eigenvalue weighted by molar-refractivity contribution is 6.42. The SMILES string of the molecule is COCCOc1ccc(C(=O)Nc2ccc(Cl)c(Cl)c2)cc1. The summed E-state index contributed by atoms with van der Waals surface area (Å²) in [5.41, 5.74) is 1.10. The second-order valence-electron chi connectivity index (χ2n) is 4.45. The van der Waals surface area contributed by atoms with Crippen LogP contribution in [-0.2, 0) is 4.74 Å². The maximum Gasteiger partial charge on any atom is 0.255 e. The molecule has 0 fully saturated rings. The van der Waals surface area contributed by atoms with Gasteiger partial charge in [-0.25, -0.2) is 0 Å². The first-order valence-electron chi connectivity index (χ1n) is 6.58. The van der Waals surface area contributed by atoms with Crippen LogP contribution >= 0.6 is 23.2 Å². The number of amides is 1. The Balaban J connectivity index is 1.98. The number of rotatable bonds is 6. The summed E-state index contributed by atoms with van der Waals surface area (Å²) in [5, 5.41) is 3.59. The molecule has 2 aromatic rings. The Kier molecular flexibility index (Phi) is 6.07. The van der Waals surface area contributed by atoms with Crippen molar-refractivity contribution in [3.05, 3.63) is 58.1 Å². The highest BCUT2D eigenvalue weighted by atomic mass is 35.5. The Bertz CT molecular complexity index is 644. The van der Waals surface area contributed by atoms with Crippen molar-refractivity contribution >= 4 is 34.8 Å². The molecule has 22 heavy (non-hydrogen) atoms. The second kappa shape index (κ2) is 8.03. The van der Waals surface area contributed by atoms with E-state index in [1.54, 1.807) is 49.6 Å². The lowest BCUT2D eigenvalue weighted by atomic mass is 10.2. The molecule has 0 heterocycles. The van der Waals surface area contributed by atoms with E-state index >= 15 is 0 Å². The van der Waals surface area contributed by atoms with Crippen molar-refractivity contribution in [3.63, 3.8) is 0 Å². The van der Waals surface area contributed by atoms with Gasteiger partial charge in [0.25, 0.3) is 5.91 Å². The van der Waals surface area contributed by atoms with Crippen molar-refractivity contribution in [2.24, 2.45) is 0 Å². The molecule has 1 N–H and O–H groups in total. The number of hydrogen-bond donors (Lipinski definition) is 1. The number of carbonyl (C=O) groups excluding carboxylic acids is 1. The fourth-order valence-electron chi connectivity index (χ4n) is 1.72. The molecule has 0 aromatic heterocycles. The molecular formula is C16H15Cl2NO3. The Morgan fingerprint density at radius 2 is 1.77 bits per heavy atom. The van der Waals surface area contributed by atoms with E-state index in [2.05, 4.69) is 5.32 Å². The maximum atomic E-state index is 12.1. The predicted molar refractivity (Wildman–Crippen MR) is 88.2 cm³/mol. The van der Waals surface area contributed by atoms with Gasteiger partial charge in [-0.1, -0.05) is 23.2 Å². The fraction of sp³-hybridized carbons (Fsp3) is 0.188. The van der Waals surface area contributed by atoms with Crippen LogP contribution < -0.4 is 10.1 Å². The lowest BCUT2D eigenvalue weighted by Crippen LogP contribution is -2.12. The van der Waals surface area contributed by atoms with Gasteiger partial charge in [0.15, 0.2) is 0 Å². The highest BCUT2D eigenvalue weighted by Crippen LogP contribution is 2.25. The van der Waals surface area contributed by atoms with Crippen molar-refractivity contribution in [2.45, 2.75) is 0 Å². The summed E-state index contributed by atoms with van der Waals surface area (Å²) in [5.74, 6) is 0.449. The van der Waals surface area contributed by atoms with Crippen LogP contribution in [0, 0.1) is 0 Å². The second-order valence-corrected chi connectivity index (χ2v) is 5.26.